The molecular weight excluding hydrogens is 260 g/mol. The Morgan fingerprint density at radius 1 is 1.16 bits per heavy atom. The van der Waals surface area contributed by atoms with Crippen LogP contribution < -0.4 is 5.32 Å². The topological polar surface area (TPSA) is 41.1 Å². The van der Waals surface area contributed by atoms with Crippen molar-refractivity contribution in [1.82, 2.24) is 15.1 Å². The van der Waals surface area contributed by atoms with Gasteiger partial charge in [0, 0.05) is 12.6 Å². The van der Waals surface area contributed by atoms with E-state index >= 15 is 0 Å². The van der Waals surface area contributed by atoms with Gasteiger partial charge in [-0.25, -0.2) is 0 Å². The first-order valence-electron chi connectivity index (χ1n) is 6.71. The normalized spacial score (nSPS) is 13.1. The summed E-state index contributed by atoms with van der Waals surface area (Å²) in [7, 11) is 4.17. The minimum absolute atomic E-state index is 0.364. The summed E-state index contributed by atoms with van der Waals surface area (Å²) in [4.78, 5) is 2.19. The van der Waals surface area contributed by atoms with Crippen LogP contribution in [-0.4, -0.2) is 41.8 Å². The summed E-state index contributed by atoms with van der Waals surface area (Å²) < 4.78 is 0. The molecule has 0 fully saturated rings. The van der Waals surface area contributed by atoms with Gasteiger partial charge in [0.15, 0.2) is 11.0 Å². The van der Waals surface area contributed by atoms with E-state index in [9.17, 15) is 0 Å². The van der Waals surface area contributed by atoms with Gasteiger partial charge >= 0.3 is 0 Å². The number of hydrogen-bond donors (Lipinski definition) is 1. The van der Waals surface area contributed by atoms with Gasteiger partial charge in [-0.05, 0) is 51.4 Å². The molecule has 0 aromatic carbocycles. The average Bonchev–Trinajstić information content (AvgIpc) is 2.28. The molecule has 0 spiro atoms. The number of hydrogen-bond acceptors (Lipinski definition) is 4. The zero-order chi connectivity index (χ0) is 14.6. The molecule has 5 heteroatoms. The first-order valence-corrected chi connectivity index (χ1v) is 7.09. The summed E-state index contributed by atoms with van der Waals surface area (Å²) in [6.45, 7) is 9.44. The number of halogens is 1. The monoisotopic (exact) mass is 284 g/mol. The quantitative estimate of drug-likeness (QED) is 0.871. The molecule has 0 amide bonds. The zero-order valence-electron chi connectivity index (χ0n) is 12.8. The van der Waals surface area contributed by atoms with Crippen molar-refractivity contribution in [2.24, 2.45) is 5.92 Å². The number of anilines is 1. The Hall–Kier alpha value is -0.870. The smallest absolute Gasteiger partial charge is 0.155 e. The second-order valence-electron chi connectivity index (χ2n) is 5.82. The Morgan fingerprint density at radius 2 is 1.79 bits per heavy atom. The summed E-state index contributed by atoms with van der Waals surface area (Å²) in [6.07, 6.45) is 1.10. The van der Waals surface area contributed by atoms with E-state index in [-0.39, 0.29) is 0 Å². The van der Waals surface area contributed by atoms with Crippen molar-refractivity contribution in [1.29, 1.82) is 0 Å². The molecule has 1 N–H and O–H groups in total. The van der Waals surface area contributed by atoms with Crippen molar-refractivity contribution < 1.29 is 0 Å². The largest absolute Gasteiger partial charge is 0.364 e. The van der Waals surface area contributed by atoms with Crippen molar-refractivity contribution in [3.63, 3.8) is 0 Å². The molecule has 19 heavy (non-hydrogen) atoms. The van der Waals surface area contributed by atoms with Crippen molar-refractivity contribution in [2.45, 2.75) is 40.2 Å². The van der Waals surface area contributed by atoms with E-state index in [1.807, 2.05) is 13.8 Å². The third kappa shape index (κ3) is 4.96. The minimum atomic E-state index is 0.364. The highest BCUT2D eigenvalue weighted by atomic mass is 35.5. The summed E-state index contributed by atoms with van der Waals surface area (Å²) in [6, 6.07) is 0.364. The summed E-state index contributed by atoms with van der Waals surface area (Å²) in [5.74, 6) is 1.48. The molecule has 108 valence electrons. The fourth-order valence-electron chi connectivity index (χ4n) is 2.10. The maximum atomic E-state index is 5.98. The second-order valence-corrected chi connectivity index (χ2v) is 6.18. The third-order valence-electron chi connectivity index (χ3n) is 3.15. The molecule has 0 radical (unpaired) electrons. The number of nitrogens with one attached hydrogen (secondary N) is 1. The van der Waals surface area contributed by atoms with Crippen molar-refractivity contribution in [2.75, 3.05) is 26.0 Å². The number of nitrogens with zero attached hydrogens (tertiary/aromatic N) is 3. The molecule has 4 nitrogen and oxygen atoms in total. The first kappa shape index (κ1) is 16.2. The predicted molar refractivity (Wildman–Crippen MR) is 81.9 cm³/mol. The summed E-state index contributed by atoms with van der Waals surface area (Å²) in [5.41, 5.74) is 2.07. The van der Waals surface area contributed by atoms with E-state index in [1.165, 1.54) is 0 Å². The minimum Gasteiger partial charge on any atom is -0.364 e. The Bertz CT molecular complexity index is 408. The van der Waals surface area contributed by atoms with Crippen LogP contribution in [0.1, 0.15) is 31.4 Å². The summed E-state index contributed by atoms with van der Waals surface area (Å²) >= 11 is 5.98. The molecule has 1 unspecified atom stereocenters. The van der Waals surface area contributed by atoms with Crippen LogP contribution in [0.2, 0.25) is 5.15 Å². The van der Waals surface area contributed by atoms with Crippen molar-refractivity contribution >= 4 is 17.4 Å². The molecule has 0 saturated carbocycles. The van der Waals surface area contributed by atoms with E-state index in [2.05, 4.69) is 48.4 Å². The highest BCUT2D eigenvalue weighted by molar-refractivity contribution is 6.30. The molecule has 0 bridgehead atoms. The van der Waals surface area contributed by atoms with Crippen LogP contribution in [0.4, 0.5) is 5.82 Å². The number of aromatic nitrogens is 2. The van der Waals surface area contributed by atoms with Gasteiger partial charge < -0.3 is 10.2 Å². The maximum Gasteiger partial charge on any atom is 0.155 e. The van der Waals surface area contributed by atoms with Crippen LogP contribution in [0.3, 0.4) is 0 Å². The standard InChI is InChI=1S/C14H25ClN4/c1-9(2)7-12(8-19(5)6)16-14-11(4)10(3)13(15)17-18-14/h9,12H,7-8H2,1-6H3,(H,16,18). The lowest BCUT2D eigenvalue weighted by Crippen LogP contribution is -2.34. The highest BCUT2D eigenvalue weighted by Gasteiger charge is 2.15. The SMILES string of the molecule is Cc1c(Cl)nnc(NC(CC(C)C)CN(C)C)c1C. The van der Waals surface area contributed by atoms with Gasteiger partial charge in [0.1, 0.15) is 0 Å². The van der Waals surface area contributed by atoms with Crippen LogP contribution in [0.15, 0.2) is 0 Å². The average molecular weight is 285 g/mol. The number of rotatable bonds is 6. The van der Waals surface area contributed by atoms with Crippen molar-refractivity contribution in [3.8, 4) is 0 Å². The predicted octanol–water partition coefficient (Wildman–Crippen LogP) is 3.14. The first-order chi connectivity index (χ1) is 8.81. The van der Waals surface area contributed by atoms with Gasteiger partial charge in [-0.1, -0.05) is 25.4 Å². The lowest BCUT2D eigenvalue weighted by molar-refractivity contribution is 0.356. The lowest BCUT2D eigenvalue weighted by atomic mass is 10.0. The molecule has 1 heterocycles. The fourth-order valence-corrected chi connectivity index (χ4v) is 2.28. The van der Waals surface area contributed by atoms with Gasteiger partial charge in [-0.3, -0.25) is 0 Å². The Kier molecular flexibility index (Phi) is 6.01. The van der Waals surface area contributed by atoms with Crippen LogP contribution in [-0.2, 0) is 0 Å². The number of likely N-dealkylation sites (N-methyl/N-ethyl adjacent to an activating group) is 1. The Morgan fingerprint density at radius 3 is 2.32 bits per heavy atom. The molecule has 0 aliphatic rings. The second kappa shape index (κ2) is 7.06. The maximum absolute atomic E-state index is 5.98. The molecule has 0 aliphatic carbocycles. The highest BCUT2D eigenvalue weighted by Crippen LogP contribution is 2.22. The van der Waals surface area contributed by atoms with E-state index in [4.69, 9.17) is 11.6 Å². The Labute approximate surface area is 121 Å². The third-order valence-corrected chi connectivity index (χ3v) is 3.51. The van der Waals surface area contributed by atoms with Gasteiger partial charge in [0.2, 0.25) is 0 Å². The van der Waals surface area contributed by atoms with E-state index in [1.54, 1.807) is 0 Å². The molecule has 0 aliphatic heterocycles. The summed E-state index contributed by atoms with van der Waals surface area (Å²) in [5, 5.41) is 12.2. The van der Waals surface area contributed by atoms with Crippen molar-refractivity contribution in [3.05, 3.63) is 16.3 Å². The van der Waals surface area contributed by atoms with Gasteiger partial charge in [0.05, 0.1) is 0 Å². The molecular formula is C14H25ClN4. The molecule has 1 aromatic rings. The molecule has 1 rings (SSSR count). The fraction of sp³-hybridized carbons (Fsp3) is 0.714. The van der Waals surface area contributed by atoms with Gasteiger partial charge in [-0.2, -0.15) is 0 Å². The van der Waals surface area contributed by atoms with E-state index in [0.717, 1.165) is 29.9 Å². The van der Waals surface area contributed by atoms with Gasteiger partial charge in [0.25, 0.3) is 0 Å². The van der Waals surface area contributed by atoms with Gasteiger partial charge in [-0.15, -0.1) is 10.2 Å². The molecule has 1 aromatic heterocycles. The molecule has 1 atom stereocenters. The zero-order valence-corrected chi connectivity index (χ0v) is 13.5. The van der Waals surface area contributed by atoms with E-state index < -0.39 is 0 Å². The molecule has 0 saturated heterocycles. The van der Waals surface area contributed by atoms with Crippen LogP contribution in [0.5, 0.6) is 0 Å². The van der Waals surface area contributed by atoms with Crippen LogP contribution in [0.25, 0.3) is 0 Å². The lowest BCUT2D eigenvalue weighted by Gasteiger charge is -2.25. The Balaban J connectivity index is 2.86. The van der Waals surface area contributed by atoms with E-state index in [0.29, 0.717) is 17.1 Å². The van der Waals surface area contributed by atoms with Crippen LogP contribution in [0, 0.1) is 19.8 Å². The van der Waals surface area contributed by atoms with Crippen LogP contribution >= 0.6 is 11.6 Å².